The number of carboxylic acids is 1. The quantitative estimate of drug-likeness (QED) is 0.921. The summed E-state index contributed by atoms with van der Waals surface area (Å²) in [5, 5.41) is 8.86. The second-order valence-electron chi connectivity index (χ2n) is 4.75. The molecule has 0 spiro atoms. The van der Waals surface area contributed by atoms with Crippen LogP contribution in [0, 0.1) is 12.7 Å². The van der Waals surface area contributed by atoms with E-state index >= 15 is 0 Å². The maximum absolute atomic E-state index is 13.0. The van der Waals surface area contributed by atoms with Crippen LogP contribution >= 0.6 is 0 Å². The van der Waals surface area contributed by atoms with Crippen LogP contribution in [-0.4, -0.2) is 28.5 Å². The van der Waals surface area contributed by atoms with Crippen LogP contribution in [0.25, 0.3) is 0 Å². The van der Waals surface area contributed by atoms with E-state index in [-0.39, 0.29) is 18.5 Å². The van der Waals surface area contributed by atoms with Gasteiger partial charge in [-0.05, 0) is 42.8 Å². The maximum Gasteiger partial charge on any atom is 0.305 e. The van der Waals surface area contributed by atoms with E-state index in [1.807, 2.05) is 0 Å². The smallest absolute Gasteiger partial charge is 0.305 e. The molecule has 2 aromatic rings. The van der Waals surface area contributed by atoms with Gasteiger partial charge in [0.1, 0.15) is 11.6 Å². The Kier molecular flexibility index (Phi) is 4.83. The molecular weight excluding hydrogens is 287 g/mol. The van der Waals surface area contributed by atoms with Gasteiger partial charge in [0.2, 0.25) is 0 Å². The number of aliphatic carboxylic acids is 1. The average molecular weight is 302 g/mol. The van der Waals surface area contributed by atoms with E-state index in [2.05, 4.69) is 4.98 Å². The summed E-state index contributed by atoms with van der Waals surface area (Å²) in [6.45, 7) is 1.78. The third kappa shape index (κ3) is 3.66. The fourth-order valence-corrected chi connectivity index (χ4v) is 2.02. The molecular formula is C16H15FN2O3. The highest BCUT2D eigenvalue weighted by Crippen LogP contribution is 2.19. The van der Waals surface area contributed by atoms with Crippen molar-refractivity contribution in [2.45, 2.75) is 13.3 Å². The van der Waals surface area contributed by atoms with Crippen molar-refractivity contribution in [1.29, 1.82) is 0 Å². The molecule has 6 heteroatoms. The average Bonchev–Trinajstić information content (AvgIpc) is 2.49. The van der Waals surface area contributed by atoms with Gasteiger partial charge in [0, 0.05) is 18.3 Å². The van der Waals surface area contributed by atoms with Gasteiger partial charge in [0.15, 0.2) is 0 Å². The predicted molar refractivity (Wildman–Crippen MR) is 79.3 cm³/mol. The SMILES string of the molecule is Cc1cccnc1N(CCC(=O)O)C(=O)c1ccc(F)cc1. The van der Waals surface area contributed by atoms with Gasteiger partial charge >= 0.3 is 5.97 Å². The molecule has 1 aromatic heterocycles. The molecule has 1 N–H and O–H groups in total. The van der Waals surface area contributed by atoms with E-state index in [0.29, 0.717) is 5.82 Å². The number of rotatable bonds is 5. The molecule has 0 fully saturated rings. The molecule has 1 heterocycles. The monoisotopic (exact) mass is 302 g/mol. The van der Waals surface area contributed by atoms with E-state index in [4.69, 9.17) is 5.11 Å². The van der Waals surface area contributed by atoms with Crippen molar-refractivity contribution >= 4 is 17.7 Å². The number of aromatic nitrogens is 1. The number of pyridine rings is 1. The Morgan fingerprint density at radius 2 is 1.91 bits per heavy atom. The van der Waals surface area contributed by atoms with E-state index in [9.17, 15) is 14.0 Å². The molecule has 0 saturated carbocycles. The molecule has 0 aliphatic carbocycles. The van der Waals surface area contributed by atoms with Gasteiger partial charge in [0.25, 0.3) is 5.91 Å². The summed E-state index contributed by atoms with van der Waals surface area (Å²) in [6, 6.07) is 8.62. The fraction of sp³-hybridized carbons (Fsp3) is 0.188. The molecule has 5 nitrogen and oxygen atoms in total. The first kappa shape index (κ1) is 15.6. The normalized spacial score (nSPS) is 10.3. The summed E-state index contributed by atoms with van der Waals surface area (Å²) >= 11 is 0. The lowest BCUT2D eigenvalue weighted by atomic mass is 10.1. The van der Waals surface area contributed by atoms with Crippen LogP contribution in [0.3, 0.4) is 0 Å². The molecule has 0 aliphatic rings. The van der Waals surface area contributed by atoms with Crippen LogP contribution in [0.5, 0.6) is 0 Å². The molecule has 0 saturated heterocycles. The number of nitrogens with zero attached hydrogens (tertiary/aromatic N) is 2. The van der Waals surface area contributed by atoms with Crippen LogP contribution in [0.15, 0.2) is 42.6 Å². The number of carbonyl (C=O) groups is 2. The summed E-state index contributed by atoms with van der Waals surface area (Å²) in [5.41, 5.74) is 1.03. The minimum atomic E-state index is -1.01. The Balaban J connectivity index is 2.35. The Bertz CT molecular complexity index is 686. The second-order valence-corrected chi connectivity index (χ2v) is 4.75. The number of hydrogen-bond acceptors (Lipinski definition) is 3. The largest absolute Gasteiger partial charge is 0.481 e. The van der Waals surface area contributed by atoms with Gasteiger partial charge < -0.3 is 5.11 Å². The third-order valence-electron chi connectivity index (χ3n) is 3.12. The molecule has 1 amide bonds. The van der Waals surface area contributed by atoms with Crippen LogP contribution in [0.2, 0.25) is 0 Å². The molecule has 0 unspecified atom stereocenters. The van der Waals surface area contributed by atoms with Crippen LogP contribution in [-0.2, 0) is 4.79 Å². The van der Waals surface area contributed by atoms with Crippen LogP contribution in [0.1, 0.15) is 22.3 Å². The van der Waals surface area contributed by atoms with Gasteiger partial charge in [-0.3, -0.25) is 14.5 Å². The van der Waals surface area contributed by atoms with Crippen LogP contribution < -0.4 is 4.90 Å². The Hall–Kier alpha value is -2.76. The Labute approximate surface area is 127 Å². The van der Waals surface area contributed by atoms with Gasteiger partial charge in [-0.25, -0.2) is 9.37 Å². The Morgan fingerprint density at radius 1 is 1.23 bits per heavy atom. The highest BCUT2D eigenvalue weighted by molar-refractivity contribution is 6.06. The molecule has 0 atom stereocenters. The lowest BCUT2D eigenvalue weighted by Crippen LogP contribution is -2.34. The molecule has 0 bridgehead atoms. The molecule has 2 rings (SSSR count). The number of aryl methyl sites for hydroxylation is 1. The van der Waals surface area contributed by atoms with Gasteiger partial charge in [0.05, 0.1) is 6.42 Å². The zero-order valence-electron chi connectivity index (χ0n) is 12.0. The van der Waals surface area contributed by atoms with Crippen molar-refractivity contribution in [1.82, 2.24) is 4.98 Å². The van der Waals surface area contributed by atoms with E-state index in [1.165, 1.54) is 35.4 Å². The number of halogens is 1. The molecule has 22 heavy (non-hydrogen) atoms. The summed E-state index contributed by atoms with van der Waals surface area (Å²) in [4.78, 5) is 28.9. The van der Waals surface area contributed by atoms with E-state index < -0.39 is 17.7 Å². The van der Waals surface area contributed by atoms with E-state index in [0.717, 1.165) is 5.56 Å². The lowest BCUT2D eigenvalue weighted by Gasteiger charge is -2.22. The highest BCUT2D eigenvalue weighted by atomic mass is 19.1. The third-order valence-corrected chi connectivity index (χ3v) is 3.12. The molecule has 114 valence electrons. The molecule has 1 aromatic carbocycles. The number of amides is 1. The summed E-state index contributed by atoms with van der Waals surface area (Å²) < 4.78 is 13.0. The minimum Gasteiger partial charge on any atom is -0.481 e. The van der Waals surface area contributed by atoms with Gasteiger partial charge in [-0.15, -0.1) is 0 Å². The first-order chi connectivity index (χ1) is 10.5. The van der Waals surface area contributed by atoms with Crippen molar-refractivity contribution in [3.05, 3.63) is 59.5 Å². The predicted octanol–water partition coefficient (Wildman–Crippen LogP) is 2.65. The van der Waals surface area contributed by atoms with Crippen molar-refractivity contribution in [3.63, 3.8) is 0 Å². The molecule has 0 radical (unpaired) electrons. The number of benzene rings is 1. The number of carbonyl (C=O) groups excluding carboxylic acids is 1. The second kappa shape index (κ2) is 6.80. The zero-order valence-corrected chi connectivity index (χ0v) is 12.0. The lowest BCUT2D eigenvalue weighted by molar-refractivity contribution is -0.136. The van der Waals surface area contributed by atoms with Crippen LogP contribution in [0.4, 0.5) is 10.2 Å². The number of hydrogen-bond donors (Lipinski definition) is 1. The van der Waals surface area contributed by atoms with Crippen molar-refractivity contribution in [2.75, 3.05) is 11.4 Å². The Morgan fingerprint density at radius 3 is 2.50 bits per heavy atom. The summed E-state index contributed by atoms with van der Waals surface area (Å²) in [6.07, 6.45) is 1.33. The summed E-state index contributed by atoms with van der Waals surface area (Å²) in [7, 11) is 0. The van der Waals surface area contributed by atoms with Gasteiger partial charge in [-0.1, -0.05) is 6.07 Å². The number of carboxylic acid groups (broad SMARTS) is 1. The molecule has 0 aliphatic heterocycles. The standard InChI is InChI=1S/C16H15FN2O3/c1-11-3-2-9-18-15(11)19(10-8-14(20)21)16(22)12-4-6-13(17)7-5-12/h2-7,9H,8,10H2,1H3,(H,20,21). The summed E-state index contributed by atoms with van der Waals surface area (Å²) in [5.74, 6) is -1.46. The van der Waals surface area contributed by atoms with Crippen molar-refractivity contribution < 1.29 is 19.1 Å². The maximum atomic E-state index is 13.0. The first-order valence-corrected chi connectivity index (χ1v) is 6.70. The topological polar surface area (TPSA) is 70.5 Å². The van der Waals surface area contributed by atoms with Crippen molar-refractivity contribution in [2.24, 2.45) is 0 Å². The first-order valence-electron chi connectivity index (χ1n) is 6.70. The fourth-order valence-electron chi connectivity index (χ4n) is 2.02. The number of anilines is 1. The minimum absolute atomic E-state index is 0.0105. The van der Waals surface area contributed by atoms with E-state index in [1.54, 1.807) is 19.1 Å². The van der Waals surface area contributed by atoms with Crippen molar-refractivity contribution in [3.8, 4) is 0 Å². The van der Waals surface area contributed by atoms with Gasteiger partial charge in [-0.2, -0.15) is 0 Å². The highest BCUT2D eigenvalue weighted by Gasteiger charge is 2.21. The zero-order chi connectivity index (χ0) is 16.1.